The van der Waals surface area contributed by atoms with Crippen molar-refractivity contribution in [2.75, 3.05) is 33.4 Å². The smallest absolute Gasteiger partial charge is 0.220 e. The first-order valence-electron chi connectivity index (χ1n) is 7.18. The Hall–Kier alpha value is -1.88. The van der Waals surface area contributed by atoms with E-state index in [1.165, 1.54) is 6.92 Å². The highest BCUT2D eigenvalue weighted by Gasteiger charge is 2.08. The predicted molar refractivity (Wildman–Crippen MR) is 81.9 cm³/mol. The Morgan fingerprint density at radius 1 is 1.19 bits per heavy atom. The number of hydrogen-bond acceptors (Lipinski definition) is 3. The molecule has 1 rings (SSSR count). The molecule has 0 atom stereocenters. The van der Waals surface area contributed by atoms with Gasteiger partial charge in [0, 0.05) is 40.1 Å². The van der Waals surface area contributed by atoms with E-state index >= 15 is 0 Å². The number of carbonyl (C=O) groups is 2. The number of methoxy groups -OCH3 is 1. The van der Waals surface area contributed by atoms with Crippen LogP contribution in [-0.2, 0) is 20.7 Å². The molecule has 0 spiro atoms. The van der Waals surface area contributed by atoms with Gasteiger partial charge in [-0.1, -0.05) is 30.3 Å². The fraction of sp³-hybridized carbons (Fsp3) is 0.500. The van der Waals surface area contributed by atoms with Gasteiger partial charge >= 0.3 is 0 Å². The molecule has 0 aliphatic carbocycles. The fourth-order valence-electron chi connectivity index (χ4n) is 1.95. The van der Waals surface area contributed by atoms with Crippen molar-refractivity contribution < 1.29 is 14.3 Å². The van der Waals surface area contributed by atoms with Gasteiger partial charge in [0.05, 0.1) is 6.61 Å². The highest BCUT2D eigenvalue weighted by Crippen LogP contribution is 2.01. The Balaban J connectivity index is 2.21. The van der Waals surface area contributed by atoms with E-state index < -0.39 is 0 Å². The van der Waals surface area contributed by atoms with Gasteiger partial charge in [-0.25, -0.2) is 0 Å². The molecule has 21 heavy (non-hydrogen) atoms. The molecule has 0 fully saturated rings. The lowest BCUT2D eigenvalue weighted by Gasteiger charge is -2.20. The van der Waals surface area contributed by atoms with Crippen LogP contribution in [0.1, 0.15) is 18.9 Å². The van der Waals surface area contributed by atoms with Crippen LogP contribution in [0, 0.1) is 0 Å². The van der Waals surface area contributed by atoms with Crippen molar-refractivity contribution in [2.45, 2.75) is 19.8 Å². The predicted octanol–water partition coefficient (Wildman–Crippen LogP) is 1.23. The van der Waals surface area contributed by atoms with Crippen LogP contribution in [0.3, 0.4) is 0 Å². The Labute approximate surface area is 126 Å². The highest BCUT2D eigenvalue weighted by atomic mass is 16.5. The lowest BCUT2D eigenvalue weighted by molar-refractivity contribution is -0.130. The second-order valence-corrected chi connectivity index (χ2v) is 4.83. The third-order valence-corrected chi connectivity index (χ3v) is 3.20. The summed E-state index contributed by atoms with van der Waals surface area (Å²) >= 11 is 0. The average molecular weight is 292 g/mol. The van der Waals surface area contributed by atoms with Gasteiger partial charge in [0.15, 0.2) is 0 Å². The summed E-state index contributed by atoms with van der Waals surface area (Å²) in [5, 5.41) is 2.84. The Morgan fingerprint density at radius 3 is 2.52 bits per heavy atom. The molecule has 0 bridgehead atoms. The van der Waals surface area contributed by atoms with Gasteiger partial charge in [-0.2, -0.15) is 0 Å². The van der Waals surface area contributed by atoms with Crippen molar-refractivity contribution in [1.82, 2.24) is 10.2 Å². The molecule has 1 N–H and O–H groups in total. The molecule has 0 unspecified atom stereocenters. The van der Waals surface area contributed by atoms with Gasteiger partial charge < -0.3 is 15.0 Å². The molecule has 5 nitrogen and oxygen atoms in total. The first-order valence-corrected chi connectivity index (χ1v) is 7.18. The number of amides is 2. The number of aryl methyl sites for hydroxylation is 1. The van der Waals surface area contributed by atoms with Gasteiger partial charge in [0.25, 0.3) is 0 Å². The standard InChI is InChI=1S/C16H24N2O3/c1-14(19)18(12-13-21-2)11-10-17-16(20)9-8-15-6-4-3-5-7-15/h3-7H,8-13H2,1-2H3,(H,17,20). The van der Waals surface area contributed by atoms with Crippen LogP contribution in [0.2, 0.25) is 0 Å². The number of hydrogen-bond donors (Lipinski definition) is 1. The summed E-state index contributed by atoms with van der Waals surface area (Å²) in [4.78, 5) is 24.8. The van der Waals surface area contributed by atoms with Crippen molar-refractivity contribution >= 4 is 11.8 Å². The summed E-state index contributed by atoms with van der Waals surface area (Å²) in [5.74, 6) is -0.000295. The molecule has 1 aromatic rings. The molecule has 0 radical (unpaired) electrons. The van der Waals surface area contributed by atoms with Crippen molar-refractivity contribution in [3.63, 3.8) is 0 Å². The van der Waals surface area contributed by atoms with Gasteiger partial charge in [-0.05, 0) is 12.0 Å². The number of ether oxygens (including phenoxy) is 1. The van der Waals surface area contributed by atoms with Crippen LogP contribution < -0.4 is 5.32 Å². The topological polar surface area (TPSA) is 58.6 Å². The molecular weight excluding hydrogens is 268 g/mol. The van der Waals surface area contributed by atoms with E-state index in [2.05, 4.69) is 5.32 Å². The number of carbonyl (C=O) groups excluding carboxylic acids is 2. The first kappa shape index (κ1) is 17.2. The first-order chi connectivity index (χ1) is 10.1. The molecule has 0 aliphatic rings. The van der Waals surface area contributed by atoms with Crippen molar-refractivity contribution in [3.8, 4) is 0 Å². The van der Waals surface area contributed by atoms with E-state index in [0.717, 1.165) is 12.0 Å². The number of nitrogens with zero attached hydrogens (tertiary/aromatic N) is 1. The van der Waals surface area contributed by atoms with E-state index in [0.29, 0.717) is 32.7 Å². The van der Waals surface area contributed by atoms with Gasteiger partial charge in [-0.15, -0.1) is 0 Å². The molecule has 0 saturated heterocycles. The fourth-order valence-corrected chi connectivity index (χ4v) is 1.95. The van der Waals surface area contributed by atoms with Crippen LogP contribution >= 0.6 is 0 Å². The number of benzene rings is 1. The van der Waals surface area contributed by atoms with E-state index in [1.54, 1.807) is 12.0 Å². The summed E-state index contributed by atoms with van der Waals surface area (Å²) in [6, 6.07) is 9.91. The van der Waals surface area contributed by atoms with E-state index in [4.69, 9.17) is 4.74 Å². The summed E-state index contributed by atoms with van der Waals surface area (Å²) in [6.45, 7) is 3.55. The minimum atomic E-state index is -0.00872. The van der Waals surface area contributed by atoms with E-state index in [1.807, 2.05) is 30.3 Å². The monoisotopic (exact) mass is 292 g/mol. The molecule has 2 amide bonds. The Kier molecular flexibility index (Phi) is 8.12. The quantitative estimate of drug-likeness (QED) is 0.745. The van der Waals surface area contributed by atoms with Crippen LogP contribution in [0.4, 0.5) is 0 Å². The number of rotatable bonds is 9. The third-order valence-electron chi connectivity index (χ3n) is 3.20. The second kappa shape index (κ2) is 9.94. The molecule has 5 heteroatoms. The maximum atomic E-state index is 11.7. The molecule has 116 valence electrons. The summed E-state index contributed by atoms with van der Waals surface area (Å²) in [5.41, 5.74) is 1.15. The van der Waals surface area contributed by atoms with Crippen LogP contribution in [-0.4, -0.2) is 50.1 Å². The van der Waals surface area contributed by atoms with Crippen molar-refractivity contribution in [2.24, 2.45) is 0 Å². The average Bonchev–Trinajstić information content (AvgIpc) is 2.49. The van der Waals surface area contributed by atoms with Gasteiger partial charge in [-0.3, -0.25) is 9.59 Å². The normalized spacial score (nSPS) is 10.2. The summed E-state index contributed by atoms with van der Waals surface area (Å²) < 4.78 is 4.96. The zero-order valence-corrected chi connectivity index (χ0v) is 12.8. The van der Waals surface area contributed by atoms with Gasteiger partial charge in [0.2, 0.25) is 11.8 Å². The molecule has 0 heterocycles. The van der Waals surface area contributed by atoms with Crippen molar-refractivity contribution in [1.29, 1.82) is 0 Å². The highest BCUT2D eigenvalue weighted by molar-refractivity contribution is 5.76. The Morgan fingerprint density at radius 2 is 1.90 bits per heavy atom. The largest absolute Gasteiger partial charge is 0.383 e. The molecule has 0 aromatic heterocycles. The van der Waals surface area contributed by atoms with Crippen LogP contribution in [0.25, 0.3) is 0 Å². The molecule has 0 aliphatic heterocycles. The zero-order valence-electron chi connectivity index (χ0n) is 12.8. The lowest BCUT2D eigenvalue weighted by atomic mass is 10.1. The maximum Gasteiger partial charge on any atom is 0.220 e. The van der Waals surface area contributed by atoms with Gasteiger partial charge in [0.1, 0.15) is 0 Å². The second-order valence-electron chi connectivity index (χ2n) is 4.83. The van der Waals surface area contributed by atoms with Crippen LogP contribution in [0.15, 0.2) is 30.3 Å². The zero-order chi connectivity index (χ0) is 15.5. The molecule has 0 saturated carbocycles. The lowest BCUT2D eigenvalue weighted by Crippen LogP contribution is -2.39. The van der Waals surface area contributed by atoms with E-state index in [-0.39, 0.29) is 11.8 Å². The Bertz CT molecular complexity index is 434. The SMILES string of the molecule is COCCN(CCNC(=O)CCc1ccccc1)C(C)=O. The maximum absolute atomic E-state index is 11.7. The van der Waals surface area contributed by atoms with E-state index in [9.17, 15) is 9.59 Å². The summed E-state index contributed by atoms with van der Waals surface area (Å²) in [7, 11) is 1.60. The molecule has 1 aromatic carbocycles. The minimum absolute atomic E-state index is 0.00842. The van der Waals surface area contributed by atoms with Crippen molar-refractivity contribution in [3.05, 3.63) is 35.9 Å². The minimum Gasteiger partial charge on any atom is -0.383 e. The third kappa shape index (κ3) is 7.46. The van der Waals surface area contributed by atoms with Crippen LogP contribution in [0.5, 0.6) is 0 Å². The number of nitrogens with one attached hydrogen (secondary N) is 1. The molecular formula is C16H24N2O3. The summed E-state index contributed by atoms with van der Waals surface area (Å²) in [6.07, 6.45) is 1.19.